The Morgan fingerprint density at radius 3 is 2.70 bits per heavy atom. The number of nitrogens with one attached hydrogen (secondary N) is 2. The van der Waals surface area contributed by atoms with Crippen LogP contribution in [0.5, 0.6) is 5.75 Å². The molecule has 3 N–H and O–H groups in total. The first-order chi connectivity index (χ1) is 14.1. The van der Waals surface area contributed by atoms with Crippen LogP contribution >= 0.6 is 0 Å². The molecule has 0 spiro atoms. The Balaban J connectivity index is 2.32. The number of hydrogen-bond donors (Lipinski definition) is 3. The van der Waals surface area contributed by atoms with E-state index in [9.17, 15) is 27.9 Å². The van der Waals surface area contributed by atoms with Crippen molar-refractivity contribution >= 4 is 17.5 Å². The molecular formula is C20H28F3N3O4. The minimum atomic E-state index is -4.42. The van der Waals surface area contributed by atoms with Crippen LogP contribution in [-0.4, -0.2) is 66.9 Å². The monoisotopic (exact) mass is 431 g/mol. The molecule has 0 bridgehead atoms. The molecule has 30 heavy (non-hydrogen) atoms. The van der Waals surface area contributed by atoms with Crippen molar-refractivity contribution in [1.82, 2.24) is 10.2 Å². The topological polar surface area (TPSA) is 90.9 Å². The van der Waals surface area contributed by atoms with Gasteiger partial charge in [0, 0.05) is 31.1 Å². The zero-order valence-corrected chi connectivity index (χ0v) is 17.3. The van der Waals surface area contributed by atoms with Gasteiger partial charge in [-0.3, -0.25) is 9.59 Å². The van der Waals surface area contributed by atoms with Crippen LogP contribution in [0.3, 0.4) is 0 Å². The van der Waals surface area contributed by atoms with Crippen molar-refractivity contribution in [3.63, 3.8) is 0 Å². The number of hydrogen-bond acceptors (Lipinski definition) is 5. The molecule has 0 radical (unpaired) electrons. The van der Waals surface area contributed by atoms with Gasteiger partial charge in [0.1, 0.15) is 11.9 Å². The maximum Gasteiger partial charge on any atom is 0.389 e. The molecule has 10 heteroatoms. The van der Waals surface area contributed by atoms with E-state index in [0.717, 1.165) is 0 Å². The molecule has 1 aromatic carbocycles. The Kier molecular flexibility index (Phi) is 8.08. The van der Waals surface area contributed by atoms with E-state index >= 15 is 0 Å². The highest BCUT2D eigenvalue weighted by Gasteiger charge is 2.33. The maximum atomic E-state index is 13.2. The van der Waals surface area contributed by atoms with E-state index in [1.807, 2.05) is 6.92 Å². The molecule has 3 atom stereocenters. The lowest BCUT2D eigenvalue weighted by atomic mass is 9.99. The normalized spacial score (nSPS) is 20.6. The number of carbonyl (C=O) groups is 2. The minimum Gasteiger partial charge on any atom is -0.488 e. The fourth-order valence-corrected chi connectivity index (χ4v) is 3.22. The predicted molar refractivity (Wildman–Crippen MR) is 105 cm³/mol. The number of alkyl halides is 3. The molecule has 1 aliphatic heterocycles. The molecule has 0 unspecified atom stereocenters. The second-order valence-electron chi connectivity index (χ2n) is 7.55. The van der Waals surface area contributed by atoms with Gasteiger partial charge < -0.3 is 25.4 Å². The molecule has 0 aliphatic carbocycles. The Bertz CT molecular complexity index is 757. The summed E-state index contributed by atoms with van der Waals surface area (Å²) in [5, 5.41) is 15.0. The Labute approximate surface area is 173 Å². The van der Waals surface area contributed by atoms with Crippen molar-refractivity contribution in [2.75, 3.05) is 32.1 Å². The van der Waals surface area contributed by atoms with Gasteiger partial charge in [0.05, 0.1) is 24.6 Å². The lowest BCUT2D eigenvalue weighted by Crippen LogP contribution is -2.49. The summed E-state index contributed by atoms with van der Waals surface area (Å²) in [6.45, 7) is 4.34. The summed E-state index contributed by atoms with van der Waals surface area (Å²) in [5.74, 6) is -0.887. The Morgan fingerprint density at radius 2 is 2.10 bits per heavy atom. The smallest absolute Gasteiger partial charge is 0.389 e. The SMILES string of the molecule is CNC[C@@H]1Oc2ccc(NC(=O)CCC(F)(F)F)cc2C(=O)N([C@H](C)CO)C[C@@H]1C. The first-order valence-electron chi connectivity index (χ1n) is 9.79. The number of halogens is 3. The van der Waals surface area contributed by atoms with Gasteiger partial charge in [-0.25, -0.2) is 0 Å². The largest absolute Gasteiger partial charge is 0.488 e. The van der Waals surface area contributed by atoms with Gasteiger partial charge in [0.2, 0.25) is 5.91 Å². The van der Waals surface area contributed by atoms with Crippen LogP contribution in [0.4, 0.5) is 18.9 Å². The fraction of sp³-hybridized carbons (Fsp3) is 0.600. The summed E-state index contributed by atoms with van der Waals surface area (Å²) in [7, 11) is 1.79. The Hall–Kier alpha value is -2.33. The molecule has 1 heterocycles. The summed E-state index contributed by atoms with van der Waals surface area (Å²) in [6, 6.07) is 3.97. The van der Waals surface area contributed by atoms with Crippen LogP contribution in [0.2, 0.25) is 0 Å². The number of likely N-dealkylation sites (N-methyl/N-ethyl adjacent to an activating group) is 1. The first-order valence-corrected chi connectivity index (χ1v) is 9.79. The number of amides is 2. The molecule has 7 nitrogen and oxygen atoms in total. The van der Waals surface area contributed by atoms with Crippen molar-refractivity contribution in [3.05, 3.63) is 23.8 Å². The first kappa shape index (κ1) is 23.9. The number of rotatable bonds is 7. The van der Waals surface area contributed by atoms with E-state index in [1.165, 1.54) is 18.2 Å². The van der Waals surface area contributed by atoms with E-state index in [0.29, 0.717) is 18.8 Å². The number of nitrogens with zero attached hydrogens (tertiary/aromatic N) is 1. The molecule has 1 aromatic rings. The summed E-state index contributed by atoms with van der Waals surface area (Å²) >= 11 is 0. The average Bonchev–Trinajstić information content (AvgIpc) is 2.68. The highest BCUT2D eigenvalue weighted by atomic mass is 19.4. The van der Waals surface area contributed by atoms with Gasteiger partial charge in [-0.05, 0) is 32.2 Å². The molecule has 0 saturated carbocycles. The average molecular weight is 431 g/mol. The highest BCUT2D eigenvalue weighted by Crippen LogP contribution is 2.30. The molecule has 0 fully saturated rings. The van der Waals surface area contributed by atoms with Gasteiger partial charge in [-0.1, -0.05) is 6.92 Å². The van der Waals surface area contributed by atoms with Crippen molar-refractivity contribution in [2.24, 2.45) is 5.92 Å². The van der Waals surface area contributed by atoms with Gasteiger partial charge in [-0.15, -0.1) is 0 Å². The lowest BCUT2D eigenvalue weighted by molar-refractivity contribution is -0.142. The van der Waals surface area contributed by atoms with Gasteiger partial charge in [0.25, 0.3) is 5.91 Å². The van der Waals surface area contributed by atoms with Crippen molar-refractivity contribution in [1.29, 1.82) is 0 Å². The minimum absolute atomic E-state index is 0.0229. The van der Waals surface area contributed by atoms with E-state index in [4.69, 9.17) is 4.74 Å². The third-order valence-corrected chi connectivity index (χ3v) is 4.99. The number of anilines is 1. The van der Waals surface area contributed by atoms with Crippen molar-refractivity contribution in [2.45, 2.75) is 45.0 Å². The lowest BCUT2D eigenvalue weighted by Gasteiger charge is -2.37. The summed E-state index contributed by atoms with van der Waals surface area (Å²) in [5.41, 5.74) is 0.380. The number of carbonyl (C=O) groups excluding carboxylic acids is 2. The third kappa shape index (κ3) is 6.33. The highest BCUT2D eigenvalue weighted by molar-refractivity contribution is 5.99. The van der Waals surface area contributed by atoms with Crippen LogP contribution in [0, 0.1) is 5.92 Å². The molecule has 2 amide bonds. The summed E-state index contributed by atoms with van der Waals surface area (Å²) < 4.78 is 43.0. The molecule has 168 valence electrons. The van der Waals surface area contributed by atoms with Crippen LogP contribution in [0.25, 0.3) is 0 Å². The van der Waals surface area contributed by atoms with Crippen LogP contribution < -0.4 is 15.4 Å². The van der Waals surface area contributed by atoms with Gasteiger partial charge in [0.15, 0.2) is 0 Å². The maximum absolute atomic E-state index is 13.2. The van der Waals surface area contributed by atoms with Crippen molar-refractivity contribution < 1.29 is 32.6 Å². The quantitative estimate of drug-likeness (QED) is 0.617. The second-order valence-corrected chi connectivity index (χ2v) is 7.55. The third-order valence-electron chi connectivity index (χ3n) is 4.99. The Morgan fingerprint density at radius 1 is 1.40 bits per heavy atom. The molecular weight excluding hydrogens is 403 g/mol. The zero-order chi connectivity index (χ0) is 22.5. The van der Waals surface area contributed by atoms with Crippen LogP contribution in [-0.2, 0) is 4.79 Å². The number of aliphatic hydroxyl groups excluding tert-OH is 1. The van der Waals surface area contributed by atoms with E-state index in [1.54, 1.807) is 18.9 Å². The number of ether oxygens (including phenoxy) is 1. The number of fused-ring (bicyclic) bond motifs is 1. The molecule has 0 aromatic heterocycles. The van der Waals surface area contributed by atoms with Crippen LogP contribution in [0.15, 0.2) is 18.2 Å². The standard InChI is InChI=1S/C20H28F3N3O4/c1-12-10-26(13(2)11-27)19(29)15-8-14(25-18(28)6-7-20(21,22)23)4-5-16(15)30-17(12)9-24-3/h4-5,8,12-13,17,24,27H,6-7,9-11H2,1-3H3,(H,25,28)/t12-,13+,17-/m0/s1. The number of benzene rings is 1. The fourth-order valence-electron chi connectivity index (χ4n) is 3.22. The van der Waals surface area contributed by atoms with Crippen molar-refractivity contribution in [3.8, 4) is 5.75 Å². The molecule has 1 aliphatic rings. The summed E-state index contributed by atoms with van der Waals surface area (Å²) in [4.78, 5) is 26.6. The van der Waals surface area contributed by atoms with E-state index in [2.05, 4.69) is 10.6 Å². The molecule has 0 saturated heterocycles. The summed E-state index contributed by atoms with van der Waals surface area (Å²) in [6.07, 6.45) is -6.60. The zero-order valence-electron chi connectivity index (χ0n) is 17.3. The van der Waals surface area contributed by atoms with E-state index in [-0.39, 0.29) is 35.8 Å². The molecule has 2 rings (SSSR count). The van der Waals surface area contributed by atoms with Gasteiger partial charge in [-0.2, -0.15) is 13.2 Å². The number of aliphatic hydroxyl groups is 1. The second kappa shape index (κ2) is 10.1. The predicted octanol–water partition coefficient (Wildman–Crippen LogP) is 2.41. The van der Waals surface area contributed by atoms with Crippen LogP contribution in [0.1, 0.15) is 37.0 Å². The van der Waals surface area contributed by atoms with Gasteiger partial charge >= 0.3 is 6.18 Å². The van der Waals surface area contributed by atoms with E-state index < -0.39 is 31.0 Å².